The van der Waals surface area contributed by atoms with Gasteiger partial charge in [0.25, 0.3) is 5.69 Å². The van der Waals surface area contributed by atoms with Crippen LogP contribution in [0.1, 0.15) is 38.2 Å². The minimum absolute atomic E-state index is 0.00186. The Labute approximate surface area is 106 Å². The lowest BCUT2D eigenvalue weighted by molar-refractivity contribution is -0.385. The van der Waals surface area contributed by atoms with Gasteiger partial charge in [-0.05, 0) is 12.5 Å². The van der Waals surface area contributed by atoms with Crippen LogP contribution in [0.3, 0.4) is 0 Å². The first kappa shape index (κ1) is 14.0. The van der Waals surface area contributed by atoms with Crippen LogP contribution in [0.25, 0.3) is 0 Å². The average Bonchev–Trinajstić information content (AvgIpc) is 2.38. The van der Waals surface area contributed by atoms with Crippen molar-refractivity contribution in [3.63, 3.8) is 0 Å². The summed E-state index contributed by atoms with van der Waals surface area (Å²) in [6, 6.07) is 6.26. The Bertz CT molecular complexity index is 452. The van der Waals surface area contributed by atoms with E-state index in [1.54, 1.807) is 6.07 Å². The van der Waals surface area contributed by atoms with E-state index in [1.807, 2.05) is 6.07 Å². The van der Waals surface area contributed by atoms with Crippen molar-refractivity contribution in [1.29, 1.82) is 5.26 Å². The predicted molar refractivity (Wildman–Crippen MR) is 67.4 cm³/mol. The van der Waals surface area contributed by atoms with Gasteiger partial charge in [-0.1, -0.05) is 32.3 Å². The van der Waals surface area contributed by atoms with Crippen molar-refractivity contribution in [3.8, 4) is 11.8 Å². The molecule has 0 bridgehead atoms. The van der Waals surface area contributed by atoms with E-state index >= 15 is 0 Å². The minimum atomic E-state index is -0.567. The molecule has 0 N–H and O–H groups in total. The van der Waals surface area contributed by atoms with Gasteiger partial charge in [0, 0.05) is 6.07 Å². The van der Waals surface area contributed by atoms with E-state index in [4.69, 9.17) is 10.00 Å². The normalized spacial score (nSPS) is 9.78. The van der Waals surface area contributed by atoms with Gasteiger partial charge < -0.3 is 4.74 Å². The highest BCUT2D eigenvalue weighted by Gasteiger charge is 2.17. The molecule has 0 fully saturated rings. The maximum absolute atomic E-state index is 10.7. The predicted octanol–water partition coefficient (Wildman–Crippen LogP) is 3.43. The van der Waals surface area contributed by atoms with Gasteiger partial charge in [-0.3, -0.25) is 10.1 Å². The van der Waals surface area contributed by atoms with Crippen molar-refractivity contribution in [2.45, 2.75) is 32.6 Å². The number of ether oxygens (including phenoxy) is 1. The van der Waals surface area contributed by atoms with E-state index in [1.165, 1.54) is 12.1 Å². The fourth-order valence-corrected chi connectivity index (χ4v) is 1.62. The summed E-state index contributed by atoms with van der Waals surface area (Å²) in [4.78, 5) is 10.2. The first-order chi connectivity index (χ1) is 8.70. The van der Waals surface area contributed by atoms with Gasteiger partial charge in [0.1, 0.15) is 11.8 Å². The number of unbranched alkanes of at least 4 members (excludes halogenated alkanes) is 3. The zero-order valence-corrected chi connectivity index (χ0v) is 10.4. The van der Waals surface area contributed by atoms with Crippen LogP contribution in [0.2, 0.25) is 0 Å². The van der Waals surface area contributed by atoms with Crippen LogP contribution >= 0.6 is 0 Å². The SMILES string of the molecule is CCCCCCOc1cccc([N+](=O)[O-])c1C#N. The number of nitro benzene ring substituents is 1. The third kappa shape index (κ3) is 3.74. The number of nitro groups is 1. The van der Waals surface area contributed by atoms with E-state index in [2.05, 4.69) is 6.92 Å². The number of hydrogen-bond donors (Lipinski definition) is 0. The Morgan fingerprint density at radius 1 is 1.39 bits per heavy atom. The second-order valence-electron chi connectivity index (χ2n) is 3.93. The van der Waals surface area contributed by atoms with Crippen molar-refractivity contribution in [3.05, 3.63) is 33.9 Å². The van der Waals surface area contributed by atoms with E-state index in [0.717, 1.165) is 25.7 Å². The van der Waals surface area contributed by atoms with Crippen LogP contribution in [0.5, 0.6) is 5.75 Å². The topological polar surface area (TPSA) is 76.2 Å². The van der Waals surface area contributed by atoms with Crippen LogP contribution in [-0.2, 0) is 0 Å². The highest BCUT2D eigenvalue weighted by atomic mass is 16.6. The zero-order chi connectivity index (χ0) is 13.4. The van der Waals surface area contributed by atoms with Crippen molar-refractivity contribution >= 4 is 5.69 Å². The third-order valence-corrected chi connectivity index (χ3v) is 2.57. The Kier molecular flexibility index (Phi) is 5.65. The minimum Gasteiger partial charge on any atom is -0.492 e. The molecule has 0 radical (unpaired) electrons. The average molecular weight is 248 g/mol. The monoisotopic (exact) mass is 248 g/mol. The Hall–Kier alpha value is -2.09. The Morgan fingerprint density at radius 2 is 2.17 bits per heavy atom. The van der Waals surface area contributed by atoms with Crippen molar-refractivity contribution in [2.24, 2.45) is 0 Å². The molecule has 5 nitrogen and oxygen atoms in total. The summed E-state index contributed by atoms with van der Waals surface area (Å²) in [6.07, 6.45) is 4.23. The molecule has 0 saturated heterocycles. The van der Waals surface area contributed by atoms with Gasteiger partial charge >= 0.3 is 0 Å². The molecule has 96 valence electrons. The molecule has 5 heteroatoms. The summed E-state index contributed by atoms with van der Waals surface area (Å²) in [7, 11) is 0. The molecule has 1 aromatic rings. The number of rotatable bonds is 7. The zero-order valence-electron chi connectivity index (χ0n) is 10.4. The molecule has 0 aliphatic rings. The molecule has 18 heavy (non-hydrogen) atoms. The standard InChI is InChI=1S/C13H16N2O3/c1-2-3-4-5-9-18-13-8-6-7-12(15(16)17)11(13)10-14/h6-8H,2-5,9H2,1H3. The van der Waals surface area contributed by atoms with Crippen LogP contribution < -0.4 is 4.74 Å². The lowest BCUT2D eigenvalue weighted by Gasteiger charge is -2.07. The summed E-state index contributed by atoms with van der Waals surface area (Å²) >= 11 is 0. The lowest BCUT2D eigenvalue weighted by Crippen LogP contribution is -2.01. The maximum Gasteiger partial charge on any atom is 0.290 e. The molecule has 0 heterocycles. The highest BCUT2D eigenvalue weighted by Crippen LogP contribution is 2.27. The number of nitrogens with zero attached hydrogens (tertiary/aromatic N) is 2. The Balaban J connectivity index is 2.68. The molecule has 0 unspecified atom stereocenters. The Morgan fingerprint density at radius 3 is 2.78 bits per heavy atom. The maximum atomic E-state index is 10.7. The second-order valence-corrected chi connectivity index (χ2v) is 3.93. The number of benzene rings is 1. The van der Waals surface area contributed by atoms with Gasteiger partial charge in [0.05, 0.1) is 11.5 Å². The number of hydrogen-bond acceptors (Lipinski definition) is 4. The summed E-state index contributed by atoms with van der Waals surface area (Å²) < 4.78 is 5.44. The fraction of sp³-hybridized carbons (Fsp3) is 0.462. The molecule has 0 aliphatic carbocycles. The van der Waals surface area contributed by atoms with Crippen LogP contribution in [-0.4, -0.2) is 11.5 Å². The van der Waals surface area contributed by atoms with Gasteiger partial charge in [-0.15, -0.1) is 0 Å². The summed E-state index contributed by atoms with van der Waals surface area (Å²) in [5.74, 6) is 0.295. The van der Waals surface area contributed by atoms with Crippen LogP contribution in [0.15, 0.2) is 18.2 Å². The smallest absolute Gasteiger partial charge is 0.290 e. The highest BCUT2D eigenvalue weighted by molar-refractivity contribution is 5.56. The summed E-state index contributed by atoms with van der Waals surface area (Å²) in [5, 5.41) is 19.7. The molecular weight excluding hydrogens is 232 g/mol. The largest absolute Gasteiger partial charge is 0.492 e. The van der Waals surface area contributed by atoms with Gasteiger partial charge in [-0.2, -0.15) is 5.26 Å². The number of nitriles is 1. The first-order valence-corrected chi connectivity index (χ1v) is 6.01. The molecule has 1 rings (SSSR count). The molecular formula is C13H16N2O3. The molecule has 0 amide bonds. The molecule has 0 spiro atoms. The third-order valence-electron chi connectivity index (χ3n) is 2.57. The van der Waals surface area contributed by atoms with E-state index in [9.17, 15) is 10.1 Å². The summed E-state index contributed by atoms with van der Waals surface area (Å²) in [6.45, 7) is 2.60. The quantitative estimate of drug-likeness (QED) is 0.421. The molecule has 0 aromatic heterocycles. The van der Waals surface area contributed by atoms with Crippen molar-refractivity contribution in [1.82, 2.24) is 0 Å². The van der Waals surface area contributed by atoms with E-state index in [0.29, 0.717) is 12.4 Å². The molecule has 0 saturated carbocycles. The first-order valence-electron chi connectivity index (χ1n) is 6.01. The fourth-order valence-electron chi connectivity index (χ4n) is 1.62. The van der Waals surface area contributed by atoms with E-state index in [-0.39, 0.29) is 11.3 Å². The molecule has 0 aliphatic heterocycles. The van der Waals surface area contributed by atoms with Crippen LogP contribution in [0.4, 0.5) is 5.69 Å². The van der Waals surface area contributed by atoms with Gasteiger partial charge in [0.15, 0.2) is 5.56 Å². The van der Waals surface area contributed by atoms with Crippen molar-refractivity contribution < 1.29 is 9.66 Å². The molecule has 1 aromatic carbocycles. The lowest BCUT2D eigenvalue weighted by atomic mass is 10.1. The second kappa shape index (κ2) is 7.28. The van der Waals surface area contributed by atoms with Gasteiger partial charge in [0.2, 0.25) is 0 Å². The molecule has 0 atom stereocenters. The van der Waals surface area contributed by atoms with E-state index < -0.39 is 4.92 Å². The summed E-state index contributed by atoms with van der Waals surface area (Å²) in [5.41, 5.74) is -0.207. The van der Waals surface area contributed by atoms with Gasteiger partial charge in [-0.25, -0.2) is 0 Å². The van der Waals surface area contributed by atoms with Crippen LogP contribution in [0, 0.1) is 21.4 Å². The van der Waals surface area contributed by atoms with Crippen molar-refractivity contribution in [2.75, 3.05) is 6.61 Å².